The summed E-state index contributed by atoms with van der Waals surface area (Å²) < 4.78 is 10.3. The molecule has 2 rings (SSSR count). The second-order valence-electron chi connectivity index (χ2n) is 4.30. The second kappa shape index (κ2) is 6.04. The van der Waals surface area contributed by atoms with Crippen LogP contribution in [0.2, 0.25) is 0 Å². The number of nitro groups is 1. The first-order chi connectivity index (χ1) is 10.0. The molecule has 0 bridgehead atoms. The normalized spacial score (nSPS) is 10.0. The quantitative estimate of drug-likeness (QED) is 0.373. The summed E-state index contributed by atoms with van der Waals surface area (Å²) >= 11 is 0. The van der Waals surface area contributed by atoms with Crippen molar-refractivity contribution >= 4 is 11.7 Å². The summed E-state index contributed by atoms with van der Waals surface area (Å²) in [4.78, 5) is 22.3. The minimum absolute atomic E-state index is 0.0381. The Morgan fingerprint density at radius 1 is 1.14 bits per heavy atom. The number of ether oxygens (including phenoxy) is 2. The Balaban J connectivity index is 2.25. The summed E-state index contributed by atoms with van der Waals surface area (Å²) in [6.45, 7) is 1.57. The van der Waals surface area contributed by atoms with Crippen LogP contribution in [0.25, 0.3) is 0 Å². The number of carbonyl (C=O) groups excluding carboxylic acids is 1. The van der Waals surface area contributed by atoms with Crippen LogP contribution in [-0.2, 0) is 0 Å². The van der Waals surface area contributed by atoms with Gasteiger partial charge >= 0.3 is 5.97 Å². The fraction of sp³-hybridized carbons (Fsp3) is 0.133. The molecule has 0 N–H and O–H groups in total. The molecule has 0 aliphatic rings. The number of carbonyl (C=O) groups is 1. The van der Waals surface area contributed by atoms with Crippen molar-refractivity contribution in [3.63, 3.8) is 0 Å². The molecule has 0 heterocycles. The number of aryl methyl sites for hydroxylation is 1. The number of hydrogen-bond acceptors (Lipinski definition) is 5. The van der Waals surface area contributed by atoms with Crippen LogP contribution in [0.1, 0.15) is 15.9 Å². The van der Waals surface area contributed by atoms with E-state index >= 15 is 0 Å². The lowest BCUT2D eigenvalue weighted by molar-refractivity contribution is -0.385. The van der Waals surface area contributed by atoms with Gasteiger partial charge in [0.2, 0.25) is 0 Å². The summed E-state index contributed by atoms with van der Waals surface area (Å²) in [5.41, 5.74) is 0.599. The van der Waals surface area contributed by atoms with E-state index in [0.29, 0.717) is 17.1 Å². The molecule has 0 saturated carbocycles. The number of para-hydroxylation sites is 2. The molecule has 2 aromatic rings. The Labute approximate surface area is 121 Å². The molecule has 0 aromatic heterocycles. The number of rotatable bonds is 4. The third kappa shape index (κ3) is 3.17. The van der Waals surface area contributed by atoms with Gasteiger partial charge in [0.1, 0.15) is 0 Å². The van der Waals surface area contributed by atoms with Crippen LogP contribution >= 0.6 is 0 Å². The third-order valence-electron chi connectivity index (χ3n) is 2.90. The molecule has 0 amide bonds. The minimum Gasteiger partial charge on any atom is -0.493 e. The SMILES string of the molecule is COc1ccccc1OC(=O)c1ccc([N+](=O)[O-])c(C)c1. The van der Waals surface area contributed by atoms with E-state index in [0.717, 1.165) is 0 Å². The zero-order valence-corrected chi connectivity index (χ0v) is 11.5. The van der Waals surface area contributed by atoms with Crippen LogP contribution in [0.5, 0.6) is 11.5 Å². The Kier molecular flexibility index (Phi) is 4.18. The highest BCUT2D eigenvalue weighted by molar-refractivity contribution is 5.92. The monoisotopic (exact) mass is 287 g/mol. The van der Waals surface area contributed by atoms with Gasteiger partial charge in [0, 0.05) is 11.6 Å². The first-order valence-electron chi connectivity index (χ1n) is 6.13. The molecule has 2 aromatic carbocycles. The maximum absolute atomic E-state index is 12.1. The number of benzene rings is 2. The fourth-order valence-corrected chi connectivity index (χ4v) is 1.85. The molecular weight excluding hydrogens is 274 g/mol. The van der Waals surface area contributed by atoms with Gasteiger partial charge in [-0.05, 0) is 31.2 Å². The van der Waals surface area contributed by atoms with E-state index in [2.05, 4.69) is 0 Å². The maximum atomic E-state index is 12.1. The smallest absolute Gasteiger partial charge is 0.343 e. The number of hydrogen-bond donors (Lipinski definition) is 0. The van der Waals surface area contributed by atoms with E-state index in [1.807, 2.05) is 0 Å². The van der Waals surface area contributed by atoms with Gasteiger partial charge in [0.05, 0.1) is 17.6 Å². The van der Waals surface area contributed by atoms with Crippen LogP contribution in [0.15, 0.2) is 42.5 Å². The summed E-state index contributed by atoms with van der Waals surface area (Å²) in [5, 5.41) is 10.8. The number of nitrogens with zero attached hydrogens (tertiary/aromatic N) is 1. The van der Waals surface area contributed by atoms with Gasteiger partial charge < -0.3 is 9.47 Å². The summed E-state index contributed by atoms with van der Waals surface area (Å²) in [6.07, 6.45) is 0. The molecule has 21 heavy (non-hydrogen) atoms. The highest BCUT2D eigenvalue weighted by Gasteiger charge is 2.16. The third-order valence-corrected chi connectivity index (χ3v) is 2.90. The first-order valence-corrected chi connectivity index (χ1v) is 6.13. The highest BCUT2D eigenvalue weighted by atomic mass is 16.6. The molecule has 0 radical (unpaired) electrons. The van der Waals surface area contributed by atoms with E-state index in [1.54, 1.807) is 31.2 Å². The highest BCUT2D eigenvalue weighted by Crippen LogP contribution is 2.27. The van der Waals surface area contributed by atoms with Crippen LogP contribution < -0.4 is 9.47 Å². The topological polar surface area (TPSA) is 78.7 Å². The Hall–Kier alpha value is -2.89. The minimum atomic E-state index is -0.600. The van der Waals surface area contributed by atoms with Crippen molar-refractivity contribution in [3.05, 3.63) is 63.7 Å². The second-order valence-corrected chi connectivity index (χ2v) is 4.30. The standard InChI is InChI=1S/C15H13NO5/c1-10-9-11(7-8-12(10)16(18)19)15(17)21-14-6-4-3-5-13(14)20-2/h3-9H,1-2H3. The van der Waals surface area contributed by atoms with E-state index in [-0.39, 0.29) is 11.3 Å². The molecule has 0 atom stereocenters. The zero-order valence-electron chi connectivity index (χ0n) is 11.5. The molecule has 0 fully saturated rings. The van der Waals surface area contributed by atoms with Crippen molar-refractivity contribution in [2.45, 2.75) is 6.92 Å². The summed E-state index contributed by atoms with van der Waals surface area (Å²) in [5.74, 6) is 0.128. The van der Waals surface area contributed by atoms with E-state index in [9.17, 15) is 14.9 Å². The summed E-state index contributed by atoms with van der Waals surface area (Å²) in [6, 6.07) is 10.8. The van der Waals surface area contributed by atoms with Gasteiger partial charge in [-0.3, -0.25) is 10.1 Å². The van der Waals surface area contributed by atoms with Crippen LogP contribution in [-0.4, -0.2) is 18.0 Å². The molecule has 0 unspecified atom stereocenters. The lowest BCUT2D eigenvalue weighted by Crippen LogP contribution is -2.09. The molecule has 0 saturated heterocycles. The van der Waals surface area contributed by atoms with Gasteiger partial charge in [0.15, 0.2) is 11.5 Å². The van der Waals surface area contributed by atoms with Crippen molar-refractivity contribution in [3.8, 4) is 11.5 Å². The van der Waals surface area contributed by atoms with E-state index < -0.39 is 10.9 Å². The molecule has 6 nitrogen and oxygen atoms in total. The number of methoxy groups -OCH3 is 1. The Bertz CT molecular complexity index is 696. The summed E-state index contributed by atoms with van der Waals surface area (Å²) in [7, 11) is 1.47. The van der Waals surface area contributed by atoms with Crippen molar-refractivity contribution in [2.75, 3.05) is 7.11 Å². The lowest BCUT2D eigenvalue weighted by Gasteiger charge is -2.09. The lowest BCUT2D eigenvalue weighted by atomic mass is 10.1. The fourth-order valence-electron chi connectivity index (χ4n) is 1.85. The predicted octanol–water partition coefficient (Wildman–Crippen LogP) is 3.13. The van der Waals surface area contributed by atoms with Crippen molar-refractivity contribution < 1.29 is 19.2 Å². The predicted molar refractivity (Wildman–Crippen MR) is 75.8 cm³/mol. The average Bonchev–Trinajstić information content (AvgIpc) is 2.47. The van der Waals surface area contributed by atoms with Crippen LogP contribution in [0, 0.1) is 17.0 Å². The van der Waals surface area contributed by atoms with Gasteiger partial charge in [-0.2, -0.15) is 0 Å². The van der Waals surface area contributed by atoms with Gasteiger partial charge in [-0.1, -0.05) is 12.1 Å². The average molecular weight is 287 g/mol. The molecule has 108 valence electrons. The van der Waals surface area contributed by atoms with Gasteiger partial charge in [-0.15, -0.1) is 0 Å². The Morgan fingerprint density at radius 3 is 2.38 bits per heavy atom. The molecule has 6 heteroatoms. The molecule has 0 spiro atoms. The molecular formula is C15H13NO5. The van der Waals surface area contributed by atoms with E-state index in [4.69, 9.17) is 9.47 Å². The van der Waals surface area contributed by atoms with Crippen LogP contribution in [0.4, 0.5) is 5.69 Å². The van der Waals surface area contributed by atoms with Crippen LogP contribution in [0.3, 0.4) is 0 Å². The first kappa shape index (κ1) is 14.5. The van der Waals surface area contributed by atoms with Gasteiger partial charge in [-0.25, -0.2) is 4.79 Å². The van der Waals surface area contributed by atoms with Gasteiger partial charge in [0.25, 0.3) is 5.69 Å². The van der Waals surface area contributed by atoms with Crippen molar-refractivity contribution in [1.29, 1.82) is 0 Å². The Morgan fingerprint density at radius 2 is 1.81 bits per heavy atom. The van der Waals surface area contributed by atoms with Crippen molar-refractivity contribution in [2.24, 2.45) is 0 Å². The maximum Gasteiger partial charge on any atom is 0.343 e. The zero-order chi connectivity index (χ0) is 15.4. The van der Waals surface area contributed by atoms with Crippen molar-refractivity contribution in [1.82, 2.24) is 0 Å². The van der Waals surface area contributed by atoms with E-state index in [1.165, 1.54) is 25.3 Å². The molecule has 0 aliphatic heterocycles. The molecule has 0 aliphatic carbocycles. The largest absolute Gasteiger partial charge is 0.493 e. The number of esters is 1. The number of nitro benzene ring substituents is 1.